The van der Waals surface area contributed by atoms with Gasteiger partial charge in [0.25, 0.3) is 0 Å². The van der Waals surface area contributed by atoms with Gasteiger partial charge in [-0.2, -0.15) is 16.8 Å². The first-order valence-electron chi connectivity index (χ1n) is 12.2. The Kier molecular flexibility index (Phi) is 17.5. The molecule has 44 heavy (non-hydrogen) atoms. The first-order valence-corrected chi connectivity index (χ1v) is 15.0. The van der Waals surface area contributed by atoms with Gasteiger partial charge in [-0.05, 0) is 6.42 Å². The van der Waals surface area contributed by atoms with Crippen LogP contribution in [0.25, 0.3) is 0 Å². The molecule has 15 atom stereocenters. The summed E-state index contributed by atoms with van der Waals surface area (Å²) < 4.78 is 85.4. The van der Waals surface area contributed by atoms with Crippen LogP contribution in [0.1, 0.15) is 6.42 Å². The van der Waals surface area contributed by atoms with Crippen LogP contribution in [0.2, 0.25) is 0 Å². The van der Waals surface area contributed by atoms with Gasteiger partial charge in [0.1, 0.15) is 61.0 Å². The second-order valence-corrected chi connectivity index (χ2v) is 11.5. The van der Waals surface area contributed by atoms with Crippen molar-refractivity contribution in [1.82, 2.24) is 0 Å². The lowest BCUT2D eigenvalue weighted by Crippen LogP contribution is -2.68. The summed E-state index contributed by atoms with van der Waals surface area (Å²) in [4.78, 5) is 0. The minimum Gasteiger partial charge on any atom is -0.412 e. The van der Waals surface area contributed by atoms with E-state index in [4.69, 9.17) is 76.9 Å². The van der Waals surface area contributed by atoms with Crippen molar-refractivity contribution in [2.75, 3.05) is 13.2 Å². The lowest BCUT2D eigenvalue weighted by atomic mass is 9.84. The maximum absolute atomic E-state index is 10.9. The van der Waals surface area contributed by atoms with Gasteiger partial charge in [-0.3, -0.25) is 18.2 Å². The second-order valence-electron chi connectivity index (χ2n) is 9.69. The molecule has 0 bridgehead atoms. The second kappa shape index (κ2) is 17.9. The van der Waals surface area contributed by atoms with Crippen molar-refractivity contribution in [1.29, 1.82) is 0 Å². The number of aliphatic hydroxyl groups is 7. The fraction of sp³-hybridized carbons (Fsp3) is 1.00. The van der Waals surface area contributed by atoms with Gasteiger partial charge in [-0.15, -0.1) is 0 Å². The Bertz CT molecular complexity index is 959. The smallest absolute Gasteiger partial charge is 0.394 e. The number of ether oxygens (including phenoxy) is 4. The van der Waals surface area contributed by atoms with E-state index in [2.05, 4.69) is 0 Å². The van der Waals surface area contributed by atoms with Gasteiger partial charge >= 0.3 is 20.8 Å². The van der Waals surface area contributed by atoms with Crippen LogP contribution in [0.15, 0.2) is 0 Å². The molecule has 0 spiro atoms. The summed E-state index contributed by atoms with van der Waals surface area (Å²) in [6.45, 7) is -0.763. The average Bonchev–Trinajstić information content (AvgIpc) is 2.86. The van der Waals surface area contributed by atoms with Crippen LogP contribution in [-0.4, -0.2) is 181 Å². The summed E-state index contributed by atoms with van der Waals surface area (Å²) in [5.74, 6) is 0. The molecule has 3 aliphatic rings. The molecular weight excluding hydrogens is 656 g/mol. The molecule has 2 aliphatic heterocycles. The van der Waals surface area contributed by atoms with Crippen molar-refractivity contribution < 1.29 is 95.2 Å². The third kappa shape index (κ3) is 13.1. The topological polar surface area (TPSA) is 463 Å². The summed E-state index contributed by atoms with van der Waals surface area (Å²) in [6, 6.07) is -2.86. The van der Waals surface area contributed by atoms with Crippen LogP contribution < -0.4 is 22.9 Å². The van der Waals surface area contributed by atoms with Gasteiger partial charge in [0.2, 0.25) is 0 Å². The van der Waals surface area contributed by atoms with Crippen LogP contribution in [-0.2, 0) is 39.7 Å². The van der Waals surface area contributed by atoms with Crippen LogP contribution >= 0.6 is 0 Å². The van der Waals surface area contributed by atoms with E-state index in [1.165, 1.54) is 0 Å². The zero-order chi connectivity index (χ0) is 33.6. The summed E-state index contributed by atoms with van der Waals surface area (Å²) in [5, 5.41) is 70.9. The lowest BCUT2D eigenvalue weighted by Gasteiger charge is -2.48. The van der Waals surface area contributed by atoms with Crippen LogP contribution in [0, 0.1) is 0 Å². The molecule has 0 amide bonds. The standard InChI is InChI=1S/C18H36N4O11.2H2O4S.H2O/c19-2-6-10(25)12(27)13(28)18(30-6)33-16-5(21)1-4(20)15(14(16)29)32-17-11(26)8(22)9(24)7(3-23)31-17;2*1-5(2,3)4;/h4-18,23-29H,1-3,19-22H2;2*(H2,1,2,3,4);1H2/t4-,5+,6-,7-,8+,9-,10-,11-,12+,13-,14-,15+,16-,17-,18+;;;/m1.../s1. The van der Waals surface area contributed by atoms with Crippen LogP contribution in [0.4, 0.5) is 0 Å². The first kappa shape index (κ1) is 43.1. The molecule has 3 fully saturated rings. The maximum atomic E-state index is 10.9. The van der Waals surface area contributed by atoms with Crippen molar-refractivity contribution >= 4 is 20.8 Å². The average molecular weight is 699 g/mol. The zero-order valence-corrected chi connectivity index (χ0v) is 24.2. The first-order chi connectivity index (χ1) is 19.5. The van der Waals surface area contributed by atoms with Gasteiger partial charge in [-0.1, -0.05) is 0 Å². The third-order valence-electron chi connectivity index (χ3n) is 6.48. The SMILES string of the molecule is NC[C@H]1O[C@@H](O[C@H]2[C@H](O)[C@@H](O[C@H]3O[C@H](CO)[C@@H](O)[C@H](N)[C@H]3O)[C@H](N)C[C@@H]2N)[C@H](O)[C@@H](O)[C@@H]1O.O.O=S(=O)(O)O.O=S(=O)(O)O. The Balaban J connectivity index is 0.00000146. The number of hydrogen-bond donors (Lipinski definition) is 15. The normalized spacial score (nSPS) is 42.9. The van der Waals surface area contributed by atoms with Crippen LogP contribution in [0.5, 0.6) is 0 Å². The Morgan fingerprint density at radius 2 is 1.02 bits per heavy atom. The zero-order valence-electron chi connectivity index (χ0n) is 22.6. The molecule has 3 rings (SSSR count). The van der Waals surface area contributed by atoms with Crippen molar-refractivity contribution in [3.05, 3.63) is 0 Å². The molecular formula is C18H42N4O20S2. The highest BCUT2D eigenvalue weighted by Gasteiger charge is 2.51. The lowest BCUT2D eigenvalue weighted by molar-refractivity contribution is -0.332. The van der Waals surface area contributed by atoms with E-state index < -0.39 is 119 Å². The number of aliphatic hydroxyl groups excluding tert-OH is 7. The third-order valence-corrected chi connectivity index (χ3v) is 6.48. The molecule has 266 valence electrons. The number of nitrogens with two attached hydrogens (primary N) is 4. The molecule has 1 saturated carbocycles. The van der Waals surface area contributed by atoms with E-state index in [-0.39, 0.29) is 18.4 Å². The summed E-state index contributed by atoms with van der Waals surface area (Å²) >= 11 is 0. The van der Waals surface area contributed by atoms with Gasteiger partial charge < -0.3 is 83.1 Å². The predicted octanol–water partition coefficient (Wildman–Crippen LogP) is -9.42. The Hall–Kier alpha value is -0.900. The van der Waals surface area contributed by atoms with E-state index in [1.54, 1.807) is 0 Å². The molecule has 24 nitrogen and oxygen atoms in total. The molecule has 2 saturated heterocycles. The molecule has 1 aliphatic carbocycles. The van der Waals surface area contributed by atoms with Crippen molar-refractivity contribution in [2.24, 2.45) is 22.9 Å². The molecule has 0 unspecified atom stereocenters. The predicted molar refractivity (Wildman–Crippen MR) is 140 cm³/mol. The molecule has 21 N–H and O–H groups in total. The molecule has 2 heterocycles. The minimum absolute atomic E-state index is 0. The number of rotatable bonds is 6. The summed E-state index contributed by atoms with van der Waals surface area (Å²) in [7, 11) is -9.33. The fourth-order valence-electron chi connectivity index (χ4n) is 4.40. The Morgan fingerprint density at radius 3 is 1.41 bits per heavy atom. The Labute approximate surface area is 250 Å². The molecule has 0 aromatic carbocycles. The Morgan fingerprint density at radius 1 is 0.636 bits per heavy atom. The minimum atomic E-state index is -4.67. The van der Waals surface area contributed by atoms with E-state index in [1.807, 2.05) is 0 Å². The molecule has 26 heteroatoms. The highest BCUT2D eigenvalue weighted by atomic mass is 32.3. The van der Waals surface area contributed by atoms with Gasteiger partial charge in [0.05, 0.1) is 12.6 Å². The van der Waals surface area contributed by atoms with E-state index in [0.717, 1.165) is 0 Å². The number of hydrogen-bond acceptors (Lipinski definition) is 19. The highest BCUT2D eigenvalue weighted by Crippen LogP contribution is 2.31. The highest BCUT2D eigenvalue weighted by molar-refractivity contribution is 7.80. The summed E-state index contributed by atoms with van der Waals surface area (Å²) in [6.07, 6.45) is -16.5. The summed E-state index contributed by atoms with van der Waals surface area (Å²) in [5.41, 5.74) is 23.5. The fourth-order valence-corrected chi connectivity index (χ4v) is 4.40. The van der Waals surface area contributed by atoms with Crippen molar-refractivity contribution in [3.8, 4) is 0 Å². The monoisotopic (exact) mass is 698 g/mol. The van der Waals surface area contributed by atoms with E-state index in [9.17, 15) is 35.7 Å². The molecule has 0 aromatic heterocycles. The molecule has 0 radical (unpaired) electrons. The molecule has 0 aromatic rings. The largest absolute Gasteiger partial charge is 0.412 e. The van der Waals surface area contributed by atoms with Gasteiger partial charge in [0.15, 0.2) is 12.6 Å². The van der Waals surface area contributed by atoms with Crippen LogP contribution in [0.3, 0.4) is 0 Å². The van der Waals surface area contributed by atoms with Crippen molar-refractivity contribution in [2.45, 2.75) is 98.2 Å². The maximum Gasteiger partial charge on any atom is 0.394 e. The van der Waals surface area contributed by atoms with Crippen molar-refractivity contribution in [3.63, 3.8) is 0 Å². The van der Waals surface area contributed by atoms with Gasteiger partial charge in [-0.25, -0.2) is 0 Å². The van der Waals surface area contributed by atoms with E-state index >= 15 is 0 Å². The van der Waals surface area contributed by atoms with E-state index in [0.29, 0.717) is 0 Å². The van der Waals surface area contributed by atoms with Gasteiger partial charge in [0, 0.05) is 18.6 Å². The quantitative estimate of drug-likeness (QED) is 0.114.